The zero-order valence-corrected chi connectivity index (χ0v) is 25.2. The van der Waals surface area contributed by atoms with E-state index in [0.717, 1.165) is 16.7 Å². The molecule has 0 saturated carbocycles. The highest BCUT2D eigenvalue weighted by molar-refractivity contribution is 8.00. The van der Waals surface area contributed by atoms with Crippen LogP contribution in [0.3, 0.4) is 0 Å². The number of rotatable bonds is 9. The van der Waals surface area contributed by atoms with Crippen LogP contribution >= 0.6 is 23.1 Å². The second-order valence-electron chi connectivity index (χ2n) is 10.3. The van der Waals surface area contributed by atoms with Gasteiger partial charge in [-0.05, 0) is 16.7 Å². The monoisotopic (exact) mass is 611 g/mol. The van der Waals surface area contributed by atoms with Gasteiger partial charge in [0.25, 0.3) is 5.91 Å². The van der Waals surface area contributed by atoms with Crippen LogP contribution in [0.4, 0.5) is 5.13 Å². The molecule has 2 aliphatic rings. The van der Waals surface area contributed by atoms with Crippen LogP contribution in [0.5, 0.6) is 0 Å². The van der Waals surface area contributed by atoms with Crippen molar-refractivity contribution in [2.45, 2.75) is 23.9 Å². The number of amides is 2. The first-order valence-electron chi connectivity index (χ1n) is 13.7. The Morgan fingerprint density at radius 2 is 1.56 bits per heavy atom. The summed E-state index contributed by atoms with van der Waals surface area (Å²) in [6.07, 6.45) is -0.535. The molecule has 0 radical (unpaired) electrons. The number of esters is 1. The Hall–Kier alpha value is -4.48. The lowest BCUT2D eigenvalue weighted by Gasteiger charge is -2.49. The van der Waals surface area contributed by atoms with Crippen molar-refractivity contribution in [1.29, 1.82) is 0 Å². The molecule has 218 valence electrons. The number of hydrogen-bond donors (Lipinski definition) is 1. The zero-order chi connectivity index (χ0) is 29.9. The minimum Gasteiger partial charge on any atom is -0.448 e. The average Bonchev–Trinajstić information content (AvgIpc) is 3.54. The van der Waals surface area contributed by atoms with Crippen molar-refractivity contribution in [3.05, 3.63) is 118 Å². The molecule has 1 saturated heterocycles. The lowest BCUT2D eigenvalue weighted by molar-refractivity contribution is -0.154. The molecule has 2 amide bonds. The Labute approximate surface area is 257 Å². The summed E-state index contributed by atoms with van der Waals surface area (Å²) in [6, 6.07) is 27.6. The fourth-order valence-corrected chi connectivity index (χ4v) is 7.29. The molecule has 1 unspecified atom stereocenters. The van der Waals surface area contributed by atoms with Crippen molar-refractivity contribution in [2.24, 2.45) is 0 Å². The summed E-state index contributed by atoms with van der Waals surface area (Å²) >= 11 is 2.82. The second-order valence-corrected chi connectivity index (χ2v) is 12.4. The van der Waals surface area contributed by atoms with E-state index < -0.39 is 23.5 Å². The van der Waals surface area contributed by atoms with Gasteiger partial charge in [0.1, 0.15) is 22.1 Å². The normalized spacial score (nSPS) is 17.7. The highest BCUT2D eigenvalue weighted by atomic mass is 32.2. The Morgan fingerprint density at radius 1 is 0.953 bits per heavy atom. The van der Waals surface area contributed by atoms with E-state index >= 15 is 0 Å². The van der Waals surface area contributed by atoms with Crippen molar-refractivity contribution in [3.63, 3.8) is 0 Å². The number of carbonyl (C=O) groups is 3. The summed E-state index contributed by atoms with van der Waals surface area (Å²) in [7, 11) is 3.73. The van der Waals surface area contributed by atoms with E-state index in [9.17, 15) is 14.4 Å². The second kappa shape index (κ2) is 12.4. The maximum absolute atomic E-state index is 14.2. The van der Waals surface area contributed by atoms with Crippen molar-refractivity contribution in [1.82, 2.24) is 20.4 Å². The van der Waals surface area contributed by atoms with Crippen molar-refractivity contribution in [3.8, 4) is 0 Å². The van der Waals surface area contributed by atoms with E-state index in [2.05, 4.69) is 15.5 Å². The number of benzene rings is 3. The molecule has 2 atom stereocenters. The molecular weight excluding hydrogens is 583 g/mol. The van der Waals surface area contributed by atoms with Gasteiger partial charge >= 0.3 is 5.97 Å². The summed E-state index contributed by atoms with van der Waals surface area (Å²) < 4.78 is 6.22. The van der Waals surface area contributed by atoms with Gasteiger partial charge in [-0.2, -0.15) is 0 Å². The highest BCUT2D eigenvalue weighted by Gasteiger charge is 2.55. The Morgan fingerprint density at radius 3 is 2.14 bits per heavy atom. The predicted octanol–water partition coefficient (Wildman–Crippen LogP) is 4.29. The molecule has 43 heavy (non-hydrogen) atoms. The van der Waals surface area contributed by atoms with Gasteiger partial charge in [-0.25, -0.2) is 4.79 Å². The third-order valence-corrected chi connectivity index (χ3v) is 9.60. The predicted molar refractivity (Wildman–Crippen MR) is 167 cm³/mol. The van der Waals surface area contributed by atoms with E-state index in [0.29, 0.717) is 21.5 Å². The number of hydrogen-bond acceptors (Lipinski definition) is 9. The summed E-state index contributed by atoms with van der Waals surface area (Å²) in [4.78, 5) is 43.9. The highest BCUT2D eigenvalue weighted by Crippen LogP contribution is 2.45. The molecule has 4 aromatic rings. The fraction of sp³-hybridized carbons (Fsp3) is 0.219. The Balaban J connectivity index is 1.32. The maximum atomic E-state index is 14.2. The molecule has 1 N–H and O–H groups in total. The smallest absolute Gasteiger partial charge is 0.356 e. The number of ether oxygens (including phenoxy) is 1. The lowest BCUT2D eigenvalue weighted by atomic mass is 10.0. The van der Waals surface area contributed by atoms with Gasteiger partial charge in [0.15, 0.2) is 6.10 Å². The Bertz CT molecular complexity index is 1620. The van der Waals surface area contributed by atoms with Crippen molar-refractivity contribution >= 4 is 51.6 Å². The molecule has 1 aromatic heterocycles. The molecule has 9 nitrogen and oxygen atoms in total. The molecule has 0 spiro atoms. The van der Waals surface area contributed by atoms with E-state index in [-0.39, 0.29) is 23.9 Å². The topological polar surface area (TPSA) is 105 Å². The van der Waals surface area contributed by atoms with Crippen molar-refractivity contribution < 1.29 is 19.1 Å². The first kappa shape index (κ1) is 28.6. The molecule has 0 aliphatic carbocycles. The molecule has 6 rings (SSSR count). The maximum Gasteiger partial charge on any atom is 0.356 e. The lowest BCUT2D eigenvalue weighted by Crippen LogP contribution is -2.70. The van der Waals surface area contributed by atoms with Crippen LogP contribution in [0.15, 0.2) is 96.7 Å². The van der Waals surface area contributed by atoms with Crippen LogP contribution in [0.2, 0.25) is 0 Å². The molecular formula is C32H29N5O4S2. The third-order valence-electron chi connectivity index (χ3n) is 7.17. The largest absolute Gasteiger partial charge is 0.448 e. The molecule has 0 bridgehead atoms. The Kier molecular flexibility index (Phi) is 8.26. The van der Waals surface area contributed by atoms with E-state index in [4.69, 9.17) is 4.74 Å². The summed E-state index contributed by atoms with van der Waals surface area (Å²) in [5.41, 5.74) is 3.18. The number of aromatic nitrogens is 2. The van der Waals surface area contributed by atoms with Gasteiger partial charge in [0.05, 0.1) is 6.42 Å². The van der Waals surface area contributed by atoms with Crippen LogP contribution in [0.1, 0.15) is 27.8 Å². The summed E-state index contributed by atoms with van der Waals surface area (Å²) in [5, 5.41) is 12.3. The van der Waals surface area contributed by atoms with Crippen molar-refractivity contribution in [2.75, 3.05) is 24.7 Å². The van der Waals surface area contributed by atoms with Crippen LogP contribution in [0.25, 0.3) is 5.57 Å². The number of carbonyl (C=O) groups excluding carboxylic acids is 3. The molecule has 3 heterocycles. The number of nitrogens with one attached hydrogen (secondary N) is 1. The van der Waals surface area contributed by atoms with E-state index in [1.54, 1.807) is 0 Å². The van der Waals surface area contributed by atoms with E-state index in [1.807, 2.05) is 110 Å². The van der Waals surface area contributed by atoms with Crippen LogP contribution < -0.4 is 10.2 Å². The van der Waals surface area contributed by atoms with Gasteiger partial charge in [0, 0.05) is 25.4 Å². The summed E-state index contributed by atoms with van der Waals surface area (Å²) in [5.74, 6) is -0.858. The van der Waals surface area contributed by atoms with Gasteiger partial charge < -0.3 is 15.0 Å². The number of anilines is 1. The quantitative estimate of drug-likeness (QED) is 0.221. The van der Waals surface area contributed by atoms with Gasteiger partial charge in [-0.15, -0.1) is 22.0 Å². The first-order chi connectivity index (χ1) is 20.9. The van der Waals surface area contributed by atoms with Gasteiger partial charge in [0.2, 0.25) is 11.0 Å². The van der Waals surface area contributed by atoms with E-state index in [1.165, 1.54) is 28.0 Å². The summed E-state index contributed by atoms with van der Waals surface area (Å²) in [6.45, 7) is 0. The third kappa shape index (κ3) is 5.91. The van der Waals surface area contributed by atoms with Crippen LogP contribution in [0, 0.1) is 0 Å². The number of fused-ring (bicyclic) bond motifs is 1. The fourth-order valence-electron chi connectivity index (χ4n) is 5.04. The zero-order valence-electron chi connectivity index (χ0n) is 23.5. The van der Waals surface area contributed by atoms with Crippen LogP contribution in [-0.2, 0) is 25.5 Å². The number of thioether (sulfide) groups is 1. The standard InChI is InChI=1S/C32H29N5O4S2/c1-36(2)32-35-34-28(43-32)23-19-42-30-25(33-24(38)18-20-12-6-3-7-13-20)29(39)37(30)26(23)31(40)41-27(21-14-8-4-9-15-21)22-16-10-5-11-17-22/h3-17,25,27,30H,18-19H2,1-2H3,(H,33,38)/t25?,30-/m1/s1. The molecule has 2 aliphatic heterocycles. The average molecular weight is 612 g/mol. The first-order valence-corrected chi connectivity index (χ1v) is 15.6. The van der Waals surface area contributed by atoms with Gasteiger partial charge in [-0.1, -0.05) is 102 Å². The number of nitrogens with zero attached hydrogens (tertiary/aromatic N) is 4. The molecule has 11 heteroatoms. The number of β-lactam (4-membered cyclic amide) rings is 1. The van der Waals surface area contributed by atoms with Gasteiger partial charge in [-0.3, -0.25) is 14.5 Å². The molecule has 1 fully saturated rings. The molecule has 3 aromatic carbocycles. The van der Waals surface area contributed by atoms with Crippen LogP contribution in [-0.4, -0.2) is 64.1 Å². The minimum absolute atomic E-state index is 0.139. The minimum atomic E-state index is -0.753. The SMILES string of the molecule is CN(C)c1nnc(C2=C(C(=O)OC(c3ccccc3)c3ccccc3)N3C(=O)C(NC(=O)Cc4ccccc4)[C@H]3SC2)s1.